The molecule has 0 fully saturated rings. The van der Waals surface area contributed by atoms with Crippen LogP contribution in [-0.4, -0.2) is 17.8 Å². The fraction of sp³-hybridized carbons (Fsp3) is 0.409. The van der Waals surface area contributed by atoms with Gasteiger partial charge in [-0.05, 0) is 67.9 Å². The van der Waals surface area contributed by atoms with Crippen molar-refractivity contribution in [1.82, 2.24) is 5.32 Å². The van der Waals surface area contributed by atoms with Crippen LogP contribution in [-0.2, 0) is 0 Å². The molecule has 0 aromatic heterocycles. The Balaban J connectivity index is 1.75. The van der Waals surface area contributed by atoms with Crippen molar-refractivity contribution in [3.8, 4) is 11.5 Å². The predicted molar refractivity (Wildman–Crippen MR) is 115 cm³/mol. The molecule has 1 aliphatic heterocycles. The Morgan fingerprint density at radius 3 is 2.52 bits per heavy atom. The van der Waals surface area contributed by atoms with Gasteiger partial charge in [-0.1, -0.05) is 26.0 Å². The van der Waals surface area contributed by atoms with E-state index in [-0.39, 0.29) is 11.6 Å². The minimum atomic E-state index is -0.270. The van der Waals surface area contributed by atoms with Gasteiger partial charge < -0.3 is 20.1 Å². The topological polar surface area (TPSA) is 42.5 Å². The summed E-state index contributed by atoms with van der Waals surface area (Å²) in [5, 5.41) is 7.34. The molecule has 0 aliphatic carbocycles. The van der Waals surface area contributed by atoms with Crippen LogP contribution in [0.3, 0.4) is 0 Å². The highest BCUT2D eigenvalue weighted by molar-refractivity contribution is 7.80. The lowest BCUT2D eigenvalue weighted by molar-refractivity contribution is 0.0695. The van der Waals surface area contributed by atoms with Gasteiger partial charge in [0.15, 0.2) is 5.11 Å². The highest BCUT2D eigenvalue weighted by atomic mass is 32.1. The zero-order valence-electron chi connectivity index (χ0n) is 16.6. The lowest BCUT2D eigenvalue weighted by Crippen LogP contribution is -2.42. The summed E-state index contributed by atoms with van der Waals surface area (Å²) in [5.41, 5.74) is 3.09. The molecule has 0 saturated carbocycles. The molecule has 27 heavy (non-hydrogen) atoms. The maximum absolute atomic E-state index is 6.13. The second-order valence-corrected chi connectivity index (χ2v) is 8.31. The normalized spacial score (nSPS) is 17.6. The third-order valence-corrected chi connectivity index (χ3v) is 5.03. The van der Waals surface area contributed by atoms with Crippen molar-refractivity contribution in [2.45, 2.75) is 51.7 Å². The average Bonchev–Trinajstić information content (AvgIpc) is 2.61. The number of methoxy groups -OCH3 is 1. The van der Waals surface area contributed by atoms with Crippen molar-refractivity contribution in [2.24, 2.45) is 0 Å². The van der Waals surface area contributed by atoms with Gasteiger partial charge in [0, 0.05) is 17.7 Å². The number of ether oxygens (including phenoxy) is 2. The summed E-state index contributed by atoms with van der Waals surface area (Å²) in [5.74, 6) is 2.20. The van der Waals surface area contributed by atoms with Crippen LogP contribution in [0.25, 0.3) is 0 Å². The molecule has 4 nitrogen and oxygen atoms in total. The van der Waals surface area contributed by atoms with Crippen LogP contribution in [0.4, 0.5) is 5.69 Å². The monoisotopic (exact) mass is 384 g/mol. The van der Waals surface area contributed by atoms with E-state index in [0.717, 1.165) is 29.2 Å². The Morgan fingerprint density at radius 1 is 1.19 bits per heavy atom. The number of hydrogen-bond acceptors (Lipinski definition) is 3. The van der Waals surface area contributed by atoms with Crippen LogP contribution < -0.4 is 20.1 Å². The standard InChI is InChI=1S/C22H28N2O2S/c1-14(2)15-6-8-16(9-7-15)23-21(27)24-19-13-22(3,4)26-20-11-10-17(25-5)12-18(19)20/h6-12,14,19H,13H2,1-5H3,(H2,23,24,27). The minimum absolute atomic E-state index is 0.0498. The van der Waals surface area contributed by atoms with Gasteiger partial charge in [-0.25, -0.2) is 0 Å². The largest absolute Gasteiger partial charge is 0.497 e. The Bertz CT molecular complexity index is 816. The fourth-order valence-corrected chi connectivity index (χ4v) is 3.63. The zero-order chi connectivity index (χ0) is 19.6. The molecule has 2 aromatic rings. The first-order valence-electron chi connectivity index (χ1n) is 9.32. The van der Waals surface area contributed by atoms with E-state index in [4.69, 9.17) is 21.7 Å². The van der Waals surface area contributed by atoms with Crippen molar-refractivity contribution >= 4 is 23.0 Å². The molecule has 1 atom stereocenters. The molecule has 0 amide bonds. The summed E-state index contributed by atoms with van der Waals surface area (Å²) in [6, 6.07) is 14.3. The Morgan fingerprint density at radius 2 is 1.89 bits per heavy atom. The number of anilines is 1. The number of nitrogens with one attached hydrogen (secondary N) is 2. The van der Waals surface area contributed by atoms with E-state index < -0.39 is 0 Å². The number of rotatable bonds is 4. The molecule has 2 aromatic carbocycles. The van der Waals surface area contributed by atoms with Crippen LogP contribution in [0.15, 0.2) is 42.5 Å². The molecule has 0 spiro atoms. The van der Waals surface area contributed by atoms with Gasteiger partial charge in [0.1, 0.15) is 17.1 Å². The summed E-state index contributed by atoms with van der Waals surface area (Å²) in [6.07, 6.45) is 0.807. The summed E-state index contributed by atoms with van der Waals surface area (Å²) in [4.78, 5) is 0. The van der Waals surface area contributed by atoms with Gasteiger partial charge in [0.05, 0.1) is 13.2 Å². The van der Waals surface area contributed by atoms with Gasteiger partial charge >= 0.3 is 0 Å². The molecular weight excluding hydrogens is 356 g/mol. The van der Waals surface area contributed by atoms with Gasteiger partial charge in [-0.15, -0.1) is 0 Å². The first-order valence-corrected chi connectivity index (χ1v) is 9.72. The maximum atomic E-state index is 6.13. The van der Waals surface area contributed by atoms with Crippen LogP contribution in [0.1, 0.15) is 57.2 Å². The number of fused-ring (bicyclic) bond motifs is 1. The molecule has 5 heteroatoms. The van der Waals surface area contributed by atoms with Crippen LogP contribution in [0.5, 0.6) is 11.5 Å². The van der Waals surface area contributed by atoms with Gasteiger partial charge in [-0.2, -0.15) is 0 Å². The van der Waals surface area contributed by atoms with Crippen molar-refractivity contribution < 1.29 is 9.47 Å². The number of hydrogen-bond donors (Lipinski definition) is 2. The Hall–Kier alpha value is -2.27. The maximum Gasteiger partial charge on any atom is 0.171 e. The van der Waals surface area contributed by atoms with E-state index >= 15 is 0 Å². The molecule has 144 valence electrons. The molecule has 0 bridgehead atoms. The van der Waals surface area contributed by atoms with Crippen LogP contribution in [0, 0.1) is 0 Å². The molecule has 0 saturated heterocycles. The SMILES string of the molecule is COc1ccc2c(c1)C(NC(=S)Nc1ccc(C(C)C)cc1)CC(C)(C)O2. The third kappa shape index (κ3) is 4.72. The summed E-state index contributed by atoms with van der Waals surface area (Å²) < 4.78 is 11.5. The van der Waals surface area contributed by atoms with E-state index in [9.17, 15) is 0 Å². The molecule has 1 unspecified atom stereocenters. The van der Waals surface area contributed by atoms with E-state index in [2.05, 4.69) is 62.6 Å². The summed E-state index contributed by atoms with van der Waals surface area (Å²) >= 11 is 5.57. The van der Waals surface area contributed by atoms with E-state index in [0.29, 0.717) is 11.0 Å². The first kappa shape index (κ1) is 19.5. The Labute approximate surface area is 167 Å². The smallest absolute Gasteiger partial charge is 0.171 e. The van der Waals surface area contributed by atoms with Crippen molar-refractivity contribution in [1.29, 1.82) is 0 Å². The van der Waals surface area contributed by atoms with Crippen molar-refractivity contribution in [3.63, 3.8) is 0 Å². The minimum Gasteiger partial charge on any atom is -0.497 e. The van der Waals surface area contributed by atoms with Crippen molar-refractivity contribution in [3.05, 3.63) is 53.6 Å². The molecule has 1 heterocycles. The van der Waals surface area contributed by atoms with Crippen LogP contribution in [0.2, 0.25) is 0 Å². The quantitative estimate of drug-likeness (QED) is 0.690. The number of benzene rings is 2. The van der Waals surface area contributed by atoms with E-state index in [1.54, 1.807) is 7.11 Å². The molecular formula is C22H28N2O2S. The summed E-state index contributed by atoms with van der Waals surface area (Å²) in [7, 11) is 1.67. The highest BCUT2D eigenvalue weighted by Gasteiger charge is 2.34. The lowest BCUT2D eigenvalue weighted by Gasteiger charge is -2.38. The third-order valence-electron chi connectivity index (χ3n) is 4.81. The average molecular weight is 385 g/mol. The van der Waals surface area contributed by atoms with E-state index in [1.165, 1.54) is 5.56 Å². The lowest BCUT2D eigenvalue weighted by atomic mass is 9.89. The van der Waals surface area contributed by atoms with Crippen molar-refractivity contribution in [2.75, 3.05) is 12.4 Å². The molecule has 2 N–H and O–H groups in total. The predicted octanol–water partition coefficient (Wildman–Crippen LogP) is 5.41. The Kier molecular flexibility index (Phi) is 5.61. The molecule has 1 aliphatic rings. The van der Waals surface area contributed by atoms with Crippen LogP contribution >= 0.6 is 12.2 Å². The second-order valence-electron chi connectivity index (χ2n) is 7.90. The first-order chi connectivity index (χ1) is 12.8. The highest BCUT2D eigenvalue weighted by Crippen LogP contribution is 2.41. The summed E-state index contributed by atoms with van der Waals surface area (Å²) in [6.45, 7) is 8.56. The van der Waals surface area contributed by atoms with Gasteiger partial charge in [0.25, 0.3) is 0 Å². The van der Waals surface area contributed by atoms with Gasteiger partial charge in [-0.3, -0.25) is 0 Å². The molecule has 0 radical (unpaired) electrons. The fourth-order valence-electron chi connectivity index (χ4n) is 3.37. The second kappa shape index (κ2) is 7.77. The number of thiocarbonyl (C=S) groups is 1. The van der Waals surface area contributed by atoms with Gasteiger partial charge in [0.2, 0.25) is 0 Å². The van der Waals surface area contributed by atoms with E-state index in [1.807, 2.05) is 18.2 Å². The zero-order valence-corrected chi connectivity index (χ0v) is 17.4. The molecule has 3 rings (SSSR count).